The largest absolute Gasteiger partial charge is 0.497 e. The zero-order chi connectivity index (χ0) is 15.4. The quantitative estimate of drug-likeness (QED) is 0.655. The lowest BCUT2D eigenvalue weighted by Crippen LogP contribution is -2.09. The lowest BCUT2D eigenvalue weighted by atomic mass is 10.1. The van der Waals surface area contributed by atoms with Crippen molar-refractivity contribution in [1.82, 2.24) is 0 Å². The number of benzene rings is 2. The van der Waals surface area contributed by atoms with Gasteiger partial charge in [0.2, 0.25) is 0 Å². The molecule has 2 aromatic rings. The SMILES string of the molecule is COc1ccc(Cl)c(NC(C)c2ccccc2[N+](=O)[O-])c1. The van der Waals surface area contributed by atoms with Crippen molar-refractivity contribution in [2.24, 2.45) is 0 Å². The van der Waals surface area contributed by atoms with E-state index in [1.54, 1.807) is 43.5 Å². The second kappa shape index (κ2) is 6.45. The van der Waals surface area contributed by atoms with Crippen molar-refractivity contribution >= 4 is 23.0 Å². The molecule has 5 nitrogen and oxygen atoms in total. The lowest BCUT2D eigenvalue weighted by Gasteiger charge is -2.17. The molecule has 2 aromatic carbocycles. The number of anilines is 1. The van der Waals surface area contributed by atoms with Crippen molar-refractivity contribution in [3.8, 4) is 5.75 Å². The van der Waals surface area contributed by atoms with Gasteiger partial charge in [0, 0.05) is 12.1 Å². The number of methoxy groups -OCH3 is 1. The molecular formula is C15H15ClN2O3. The van der Waals surface area contributed by atoms with Crippen LogP contribution in [-0.2, 0) is 0 Å². The van der Waals surface area contributed by atoms with E-state index in [4.69, 9.17) is 16.3 Å². The molecule has 0 aliphatic rings. The van der Waals surface area contributed by atoms with Gasteiger partial charge in [0.05, 0.1) is 34.3 Å². The van der Waals surface area contributed by atoms with Gasteiger partial charge >= 0.3 is 0 Å². The van der Waals surface area contributed by atoms with Crippen molar-refractivity contribution < 1.29 is 9.66 Å². The summed E-state index contributed by atoms with van der Waals surface area (Å²) in [4.78, 5) is 10.7. The zero-order valence-corrected chi connectivity index (χ0v) is 12.4. The maximum absolute atomic E-state index is 11.1. The van der Waals surface area contributed by atoms with Gasteiger partial charge in [0.1, 0.15) is 5.75 Å². The van der Waals surface area contributed by atoms with Gasteiger partial charge in [-0.05, 0) is 19.1 Å². The van der Waals surface area contributed by atoms with Crippen molar-refractivity contribution in [3.63, 3.8) is 0 Å². The topological polar surface area (TPSA) is 64.4 Å². The number of nitro groups is 1. The van der Waals surface area contributed by atoms with Gasteiger partial charge in [-0.15, -0.1) is 0 Å². The molecule has 110 valence electrons. The van der Waals surface area contributed by atoms with Crippen LogP contribution >= 0.6 is 11.6 Å². The molecule has 6 heteroatoms. The number of nitro benzene ring substituents is 1. The third-order valence-corrected chi connectivity index (χ3v) is 3.48. The Labute approximate surface area is 127 Å². The van der Waals surface area contributed by atoms with Crippen LogP contribution in [-0.4, -0.2) is 12.0 Å². The molecule has 0 radical (unpaired) electrons. The maximum Gasteiger partial charge on any atom is 0.274 e. The molecular weight excluding hydrogens is 292 g/mol. The molecule has 2 rings (SSSR count). The van der Waals surface area contributed by atoms with Crippen LogP contribution in [0.1, 0.15) is 18.5 Å². The predicted octanol–water partition coefficient (Wildman–Crippen LogP) is 4.43. The molecule has 1 unspecified atom stereocenters. The van der Waals surface area contributed by atoms with E-state index in [0.29, 0.717) is 22.0 Å². The summed E-state index contributed by atoms with van der Waals surface area (Å²) in [5.41, 5.74) is 1.35. The summed E-state index contributed by atoms with van der Waals surface area (Å²) in [6.07, 6.45) is 0. The molecule has 0 bridgehead atoms. The first kappa shape index (κ1) is 15.1. The molecule has 0 heterocycles. The summed E-state index contributed by atoms with van der Waals surface area (Å²) in [7, 11) is 1.57. The summed E-state index contributed by atoms with van der Waals surface area (Å²) in [5, 5.41) is 14.8. The first-order valence-corrected chi connectivity index (χ1v) is 6.74. The fourth-order valence-electron chi connectivity index (χ4n) is 2.07. The highest BCUT2D eigenvalue weighted by atomic mass is 35.5. The summed E-state index contributed by atoms with van der Waals surface area (Å²) in [6, 6.07) is 11.6. The van der Waals surface area contributed by atoms with Gasteiger partial charge in [0.15, 0.2) is 0 Å². The van der Waals surface area contributed by atoms with Crippen molar-refractivity contribution in [1.29, 1.82) is 0 Å². The number of halogens is 1. The number of rotatable bonds is 5. The van der Waals surface area contributed by atoms with Crippen molar-refractivity contribution in [2.45, 2.75) is 13.0 Å². The Balaban J connectivity index is 2.30. The second-order valence-corrected chi connectivity index (χ2v) is 4.93. The smallest absolute Gasteiger partial charge is 0.274 e. The minimum absolute atomic E-state index is 0.0801. The number of para-hydroxylation sites is 1. The van der Waals surface area contributed by atoms with Crippen molar-refractivity contribution in [2.75, 3.05) is 12.4 Å². The van der Waals surface area contributed by atoms with Gasteiger partial charge in [-0.3, -0.25) is 10.1 Å². The number of nitrogens with zero attached hydrogens (tertiary/aromatic N) is 1. The lowest BCUT2D eigenvalue weighted by molar-refractivity contribution is -0.385. The Kier molecular flexibility index (Phi) is 4.65. The number of ether oxygens (including phenoxy) is 1. The Morgan fingerprint density at radius 2 is 2.00 bits per heavy atom. The Morgan fingerprint density at radius 3 is 2.67 bits per heavy atom. The van der Waals surface area contributed by atoms with Crippen LogP contribution < -0.4 is 10.1 Å². The van der Waals surface area contributed by atoms with Gasteiger partial charge in [-0.1, -0.05) is 29.8 Å². The van der Waals surface area contributed by atoms with Gasteiger partial charge < -0.3 is 10.1 Å². The Morgan fingerprint density at radius 1 is 1.29 bits per heavy atom. The van der Waals surface area contributed by atoms with E-state index in [2.05, 4.69) is 5.32 Å². The van der Waals surface area contributed by atoms with Crippen LogP contribution in [0.15, 0.2) is 42.5 Å². The third-order valence-electron chi connectivity index (χ3n) is 3.15. The Bertz CT molecular complexity index is 661. The number of hydrogen-bond acceptors (Lipinski definition) is 4. The van der Waals surface area contributed by atoms with Crippen LogP contribution in [0.5, 0.6) is 5.75 Å². The second-order valence-electron chi connectivity index (χ2n) is 4.53. The minimum atomic E-state index is -0.388. The Hall–Kier alpha value is -2.27. The summed E-state index contributed by atoms with van der Waals surface area (Å²) < 4.78 is 5.15. The molecule has 0 aliphatic carbocycles. The highest BCUT2D eigenvalue weighted by molar-refractivity contribution is 6.33. The van der Waals surface area contributed by atoms with Crippen LogP contribution in [0.3, 0.4) is 0 Å². The molecule has 0 aromatic heterocycles. The van der Waals surface area contributed by atoms with E-state index in [-0.39, 0.29) is 16.7 Å². The van der Waals surface area contributed by atoms with E-state index >= 15 is 0 Å². The standard InChI is InChI=1S/C15H15ClN2O3/c1-10(12-5-3-4-6-15(12)18(19)20)17-14-9-11(21-2)7-8-13(14)16/h3-10,17H,1-2H3. The minimum Gasteiger partial charge on any atom is -0.497 e. The van der Waals surface area contributed by atoms with Crippen molar-refractivity contribution in [3.05, 3.63) is 63.2 Å². The molecule has 0 spiro atoms. The maximum atomic E-state index is 11.1. The van der Waals surface area contributed by atoms with E-state index in [0.717, 1.165) is 0 Å². The monoisotopic (exact) mass is 306 g/mol. The molecule has 1 N–H and O–H groups in total. The average molecular weight is 307 g/mol. The van der Waals surface area contributed by atoms with Gasteiger partial charge in [-0.25, -0.2) is 0 Å². The highest BCUT2D eigenvalue weighted by Gasteiger charge is 2.18. The summed E-state index contributed by atoms with van der Waals surface area (Å²) in [5.74, 6) is 0.664. The van der Waals surface area contributed by atoms with Crippen LogP contribution in [0.25, 0.3) is 0 Å². The van der Waals surface area contributed by atoms with Gasteiger partial charge in [0.25, 0.3) is 5.69 Å². The van der Waals surface area contributed by atoms with E-state index in [1.165, 1.54) is 6.07 Å². The summed E-state index contributed by atoms with van der Waals surface area (Å²) in [6.45, 7) is 1.85. The van der Waals surface area contributed by atoms with E-state index < -0.39 is 0 Å². The highest BCUT2D eigenvalue weighted by Crippen LogP contribution is 2.32. The van der Waals surface area contributed by atoms with E-state index in [1.807, 2.05) is 6.92 Å². The number of hydrogen-bond donors (Lipinski definition) is 1. The van der Waals surface area contributed by atoms with Crippen LogP contribution in [0.2, 0.25) is 5.02 Å². The molecule has 0 saturated carbocycles. The molecule has 21 heavy (non-hydrogen) atoms. The average Bonchev–Trinajstić information content (AvgIpc) is 2.49. The molecule has 0 aliphatic heterocycles. The van der Waals surface area contributed by atoms with Crippen LogP contribution in [0, 0.1) is 10.1 Å². The normalized spacial score (nSPS) is 11.8. The first-order chi connectivity index (χ1) is 10.0. The summed E-state index contributed by atoms with van der Waals surface area (Å²) >= 11 is 6.14. The third kappa shape index (κ3) is 3.44. The molecule has 0 saturated heterocycles. The number of nitrogens with one attached hydrogen (secondary N) is 1. The van der Waals surface area contributed by atoms with Gasteiger partial charge in [-0.2, -0.15) is 0 Å². The fraction of sp³-hybridized carbons (Fsp3) is 0.200. The fourth-order valence-corrected chi connectivity index (χ4v) is 2.25. The van der Waals surface area contributed by atoms with E-state index in [9.17, 15) is 10.1 Å². The molecule has 1 atom stereocenters. The predicted molar refractivity (Wildman–Crippen MR) is 83.1 cm³/mol. The zero-order valence-electron chi connectivity index (χ0n) is 11.7. The van der Waals surface area contributed by atoms with Crippen LogP contribution in [0.4, 0.5) is 11.4 Å². The molecule has 0 amide bonds. The molecule has 0 fully saturated rings. The first-order valence-electron chi connectivity index (χ1n) is 6.36.